The van der Waals surface area contributed by atoms with Crippen LogP contribution in [0.5, 0.6) is 0 Å². The van der Waals surface area contributed by atoms with Gasteiger partial charge < -0.3 is 0 Å². The molecular formula is C15H10O. The third-order valence-corrected chi connectivity index (χ3v) is 1.88. The topological polar surface area (TPSA) is 17.1 Å². The average molecular weight is 211 g/mol. The molecule has 0 saturated carbocycles. The third kappa shape index (κ3) is 2.59. The molecule has 0 amide bonds. The van der Waals surface area contributed by atoms with Crippen molar-refractivity contribution in [1.82, 2.24) is 0 Å². The van der Waals surface area contributed by atoms with Crippen molar-refractivity contribution >= 4 is 6.29 Å². The maximum atomic E-state index is 10.5. The molecule has 0 N–H and O–H groups in total. The van der Waals surface area contributed by atoms with Crippen molar-refractivity contribution in [2.75, 3.05) is 0 Å². The second-order valence-corrected chi connectivity index (χ2v) is 2.99. The minimum Gasteiger partial charge on any atom is -0.298 e. The monoisotopic (exact) mass is 211 g/mol. The lowest BCUT2D eigenvalue weighted by molar-refractivity contribution is 0.112. The minimum absolute atomic E-state index is 0.0412. The van der Waals surface area contributed by atoms with Gasteiger partial charge in [-0.25, -0.2) is 0 Å². The summed E-state index contributed by atoms with van der Waals surface area (Å²) >= 11 is 0. The largest absolute Gasteiger partial charge is 0.298 e. The zero-order valence-electron chi connectivity index (χ0n) is 13.3. The smallest absolute Gasteiger partial charge is 0.150 e. The molecule has 0 fully saturated rings. The molecule has 0 spiro atoms. The predicted octanol–water partition coefficient (Wildman–Crippen LogP) is 2.90. The third-order valence-electron chi connectivity index (χ3n) is 1.88. The molecule has 0 aliphatic heterocycles. The predicted molar refractivity (Wildman–Crippen MR) is 64.3 cm³/mol. The van der Waals surface area contributed by atoms with Crippen molar-refractivity contribution in [3.05, 3.63) is 71.2 Å². The molecule has 0 atom stereocenters. The van der Waals surface area contributed by atoms with E-state index < -0.39 is 18.1 Å². The van der Waals surface area contributed by atoms with Gasteiger partial charge in [-0.2, -0.15) is 0 Å². The van der Waals surface area contributed by atoms with Crippen molar-refractivity contribution in [2.24, 2.45) is 0 Å². The van der Waals surface area contributed by atoms with Gasteiger partial charge in [-0.05, 0) is 24.2 Å². The molecule has 0 heterocycles. The van der Waals surface area contributed by atoms with E-state index in [2.05, 4.69) is 11.8 Å². The number of hydrogen-bond donors (Lipinski definition) is 0. The van der Waals surface area contributed by atoms with Gasteiger partial charge in [0, 0.05) is 16.7 Å². The quantitative estimate of drug-likeness (QED) is 0.523. The number of rotatable bonds is 1. The summed E-state index contributed by atoms with van der Waals surface area (Å²) < 4.78 is 38.1. The maximum Gasteiger partial charge on any atom is 0.150 e. The highest BCUT2D eigenvalue weighted by atomic mass is 16.1. The summed E-state index contributed by atoms with van der Waals surface area (Å²) in [6.45, 7) is 0. The molecule has 0 radical (unpaired) electrons. The molecule has 76 valence electrons. The Labute approximate surface area is 102 Å². The lowest BCUT2D eigenvalue weighted by atomic mass is 10.1. The van der Waals surface area contributed by atoms with Gasteiger partial charge in [-0.1, -0.05) is 42.1 Å². The first-order valence-electron chi connectivity index (χ1n) is 7.10. The lowest BCUT2D eigenvalue weighted by Crippen LogP contribution is -1.80. The number of carbonyl (C=O) groups excluding carboxylic acids is 1. The lowest BCUT2D eigenvalue weighted by Gasteiger charge is -1.91. The molecule has 0 saturated heterocycles. The summed E-state index contributed by atoms with van der Waals surface area (Å²) in [5, 5.41) is 0. The first-order chi connectivity index (χ1) is 9.95. The molecule has 16 heavy (non-hydrogen) atoms. The molecule has 2 rings (SSSR count). The van der Waals surface area contributed by atoms with Gasteiger partial charge in [0.25, 0.3) is 0 Å². The standard InChI is InChI=1S/C15H10O/c16-12-15-10-8-14(9-11-15)7-6-13-4-2-1-3-5-13/h1-5,8-12H/i1D,2D,3D,4D,5D. The van der Waals surface area contributed by atoms with E-state index >= 15 is 0 Å². The van der Waals surface area contributed by atoms with Gasteiger partial charge in [0.1, 0.15) is 6.29 Å². The Hall–Kier alpha value is -2.33. The fourth-order valence-electron chi connectivity index (χ4n) is 1.09. The van der Waals surface area contributed by atoms with E-state index in [9.17, 15) is 4.79 Å². The molecule has 2 aromatic carbocycles. The van der Waals surface area contributed by atoms with Crippen molar-refractivity contribution < 1.29 is 11.6 Å². The fraction of sp³-hybridized carbons (Fsp3) is 0. The molecule has 0 aliphatic carbocycles. The Morgan fingerprint density at radius 2 is 1.56 bits per heavy atom. The van der Waals surface area contributed by atoms with Crippen LogP contribution in [0.3, 0.4) is 0 Å². The van der Waals surface area contributed by atoms with Crippen LogP contribution in [0.4, 0.5) is 0 Å². The van der Waals surface area contributed by atoms with Crippen molar-refractivity contribution in [3.63, 3.8) is 0 Å². The Kier molecular flexibility index (Phi) is 1.75. The van der Waals surface area contributed by atoms with Crippen LogP contribution in [0.1, 0.15) is 28.3 Å². The first kappa shape index (κ1) is 5.67. The molecular weight excluding hydrogens is 196 g/mol. The molecule has 2 aromatic rings. The molecule has 0 bridgehead atoms. The van der Waals surface area contributed by atoms with Crippen LogP contribution in [0.15, 0.2) is 54.5 Å². The summed E-state index contributed by atoms with van der Waals surface area (Å²) in [5.74, 6) is 5.34. The molecule has 1 nitrogen and oxygen atoms in total. The Bertz CT molecular complexity index is 740. The van der Waals surface area contributed by atoms with Gasteiger partial charge in [-0.3, -0.25) is 4.79 Å². The van der Waals surface area contributed by atoms with Crippen LogP contribution in [0, 0.1) is 11.8 Å². The second-order valence-electron chi connectivity index (χ2n) is 2.99. The maximum absolute atomic E-state index is 10.5. The van der Waals surface area contributed by atoms with Crippen molar-refractivity contribution in [1.29, 1.82) is 0 Å². The van der Waals surface area contributed by atoms with Crippen LogP contribution in [-0.2, 0) is 0 Å². The summed E-state index contributed by atoms with van der Waals surface area (Å²) in [4.78, 5) is 10.5. The van der Waals surface area contributed by atoms with E-state index in [4.69, 9.17) is 6.85 Å². The van der Waals surface area contributed by atoms with Crippen LogP contribution in [0.2, 0.25) is 0 Å². The fourth-order valence-corrected chi connectivity index (χ4v) is 1.09. The van der Waals surface area contributed by atoms with Gasteiger partial charge in [0.2, 0.25) is 0 Å². The van der Waals surface area contributed by atoms with E-state index in [0.717, 1.165) is 0 Å². The molecule has 0 unspecified atom stereocenters. The Balaban J connectivity index is 2.49. The first-order valence-corrected chi connectivity index (χ1v) is 4.60. The van der Waals surface area contributed by atoms with E-state index in [-0.39, 0.29) is 17.6 Å². The van der Waals surface area contributed by atoms with Gasteiger partial charge in [0.15, 0.2) is 0 Å². The number of aldehydes is 1. The van der Waals surface area contributed by atoms with Crippen LogP contribution >= 0.6 is 0 Å². The highest BCUT2D eigenvalue weighted by molar-refractivity contribution is 5.74. The number of benzene rings is 2. The highest BCUT2D eigenvalue weighted by Gasteiger charge is 1.89. The second kappa shape index (κ2) is 4.95. The molecule has 0 aromatic heterocycles. The van der Waals surface area contributed by atoms with Crippen molar-refractivity contribution in [2.45, 2.75) is 0 Å². The van der Waals surface area contributed by atoms with E-state index in [0.29, 0.717) is 17.4 Å². The van der Waals surface area contributed by atoms with Gasteiger partial charge in [0.05, 0.1) is 6.85 Å². The minimum atomic E-state index is -0.439. The Morgan fingerprint density at radius 1 is 0.938 bits per heavy atom. The summed E-state index contributed by atoms with van der Waals surface area (Å²) in [5.41, 5.74) is 1.07. The van der Waals surface area contributed by atoms with E-state index in [1.54, 1.807) is 24.3 Å². The highest BCUT2D eigenvalue weighted by Crippen LogP contribution is 2.01. The SMILES string of the molecule is [2H]c1c([2H])c([2H])c(C#Cc2ccc(C=O)cc2)c([2H])c1[2H]. The summed E-state index contributed by atoms with van der Waals surface area (Å²) in [6.07, 6.45) is 0.715. The van der Waals surface area contributed by atoms with E-state index in [1.165, 1.54) is 0 Å². The normalized spacial score (nSPS) is 13.4. The number of hydrogen-bond acceptors (Lipinski definition) is 1. The van der Waals surface area contributed by atoms with Crippen LogP contribution < -0.4 is 0 Å². The molecule has 0 aliphatic rings. The van der Waals surface area contributed by atoms with Gasteiger partial charge in [-0.15, -0.1) is 0 Å². The summed E-state index contributed by atoms with van der Waals surface area (Å²) in [6, 6.07) is 4.56. The zero-order chi connectivity index (χ0) is 15.6. The zero-order valence-corrected chi connectivity index (χ0v) is 8.29. The van der Waals surface area contributed by atoms with Crippen LogP contribution in [0.25, 0.3) is 0 Å². The summed E-state index contributed by atoms with van der Waals surface area (Å²) in [7, 11) is 0. The number of carbonyl (C=O) groups is 1. The van der Waals surface area contributed by atoms with E-state index in [1.807, 2.05) is 0 Å². The Morgan fingerprint density at radius 3 is 2.19 bits per heavy atom. The molecule has 1 heteroatoms. The average Bonchev–Trinajstić information content (AvgIpc) is 2.51. The van der Waals surface area contributed by atoms with Crippen LogP contribution in [-0.4, -0.2) is 6.29 Å². The van der Waals surface area contributed by atoms with Gasteiger partial charge >= 0.3 is 0 Å². The van der Waals surface area contributed by atoms with Crippen molar-refractivity contribution in [3.8, 4) is 11.8 Å².